The Morgan fingerprint density at radius 1 is 1.29 bits per heavy atom. The average Bonchev–Trinajstić information content (AvgIpc) is 2.11. The molecule has 78 valence electrons. The average molecular weight is 203 g/mol. The molecule has 1 N–H and O–H groups in total. The van der Waals surface area contributed by atoms with Gasteiger partial charge in [0, 0.05) is 0 Å². The van der Waals surface area contributed by atoms with Gasteiger partial charge in [0.25, 0.3) is 6.43 Å². The van der Waals surface area contributed by atoms with Crippen molar-refractivity contribution in [2.75, 3.05) is 5.32 Å². The number of alkyl halides is 2. The van der Waals surface area contributed by atoms with Crippen molar-refractivity contribution in [3.8, 4) is 0 Å². The van der Waals surface area contributed by atoms with Crippen LogP contribution in [-0.2, 0) is 0 Å². The highest BCUT2D eigenvalue weighted by Gasteiger charge is 2.16. The molecule has 0 amide bonds. The Hall–Kier alpha value is -1.19. The molecular formula is C10H12F3N. The molecule has 0 saturated heterocycles. The van der Waals surface area contributed by atoms with Gasteiger partial charge in [-0.3, -0.25) is 0 Å². The monoisotopic (exact) mass is 203 g/mol. The van der Waals surface area contributed by atoms with Crippen molar-refractivity contribution in [1.82, 2.24) is 0 Å². The second-order valence-electron chi connectivity index (χ2n) is 3.20. The lowest BCUT2D eigenvalue weighted by molar-refractivity contribution is 0.130. The van der Waals surface area contributed by atoms with Gasteiger partial charge in [0.1, 0.15) is 5.82 Å². The predicted octanol–water partition coefficient (Wildman–Crippen LogP) is 3.20. The van der Waals surface area contributed by atoms with Gasteiger partial charge < -0.3 is 5.32 Å². The summed E-state index contributed by atoms with van der Waals surface area (Å²) in [5.41, 5.74) is 0.776. The first-order valence-corrected chi connectivity index (χ1v) is 4.32. The molecule has 1 unspecified atom stereocenters. The summed E-state index contributed by atoms with van der Waals surface area (Å²) < 4.78 is 37.6. The van der Waals surface area contributed by atoms with Crippen LogP contribution in [0, 0.1) is 12.7 Å². The van der Waals surface area contributed by atoms with E-state index in [9.17, 15) is 13.2 Å². The van der Waals surface area contributed by atoms with Crippen LogP contribution in [0.15, 0.2) is 18.2 Å². The third-order valence-corrected chi connectivity index (χ3v) is 1.97. The van der Waals surface area contributed by atoms with Crippen LogP contribution in [0.1, 0.15) is 12.5 Å². The molecule has 1 atom stereocenters. The van der Waals surface area contributed by atoms with E-state index in [0.717, 1.165) is 0 Å². The highest BCUT2D eigenvalue weighted by Crippen LogP contribution is 2.20. The zero-order chi connectivity index (χ0) is 10.7. The summed E-state index contributed by atoms with van der Waals surface area (Å²) in [5.74, 6) is -0.502. The van der Waals surface area contributed by atoms with Crippen molar-refractivity contribution in [3.05, 3.63) is 29.6 Å². The van der Waals surface area contributed by atoms with E-state index in [1.54, 1.807) is 19.1 Å². The minimum absolute atomic E-state index is 0.153. The normalized spacial score (nSPS) is 13.0. The molecule has 4 heteroatoms. The summed E-state index contributed by atoms with van der Waals surface area (Å²) in [7, 11) is 0. The van der Waals surface area contributed by atoms with Crippen molar-refractivity contribution < 1.29 is 13.2 Å². The first kappa shape index (κ1) is 10.9. The Kier molecular flexibility index (Phi) is 3.38. The van der Waals surface area contributed by atoms with E-state index in [4.69, 9.17) is 0 Å². The van der Waals surface area contributed by atoms with Gasteiger partial charge in [-0.2, -0.15) is 0 Å². The summed E-state index contributed by atoms with van der Waals surface area (Å²) >= 11 is 0. The highest BCUT2D eigenvalue weighted by atomic mass is 19.3. The van der Waals surface area contributed by atoms with Crippen molar-refractivity contribution in [1.29, 1.82) is 0 Å². The largest absolute Gasteiger partial charge is 0.374 e. The number of hydrogen-bond donors (Lipinski definition) is 1. The lowest BCUT2D eigenvalue weighted by atomic mass is 10.2. The number of aryl methyl sites for hydroxylation is 1. The lowest BCUT2D eigenvalue weighted by Crippen LogP contribution is -2.24. The zero-order valence-corrected chi connectivity index (χ0v) is 8.02. The molecule has 0 bridgehead atoms. The molecule has 0 fully saturated rings. The van der Waals surface area contributed by atoms with Crippen LogP contribution in [0.4, 0.5) is 18.9 Å². The molecule has 0 heterocycles. The molecular weight excluding hydrogens is 191 g/mol. The number of benzene rings is 1. The third-order valence-electron chi connectivity index (χ3n) is 1.97. The molecule has 1 aromatic rings. The quantitative estimate of drug-likeness (QED) is 0.795. The second kappa shape index (κ2) is 4.35. The second-order valence-corrected chi connectivity index (χ2v) is 3.20. The van der Waals surface area contributed by atoms with Crippen molar-refractivity contribution in [2.24, 2.45) is 0 Å². The van der Waals surface area contributed by atoms with Gasteiger partial charge in [-0.25, -0.2) is 13.2 Å². The summed E-state index contributed by atoms with van der Waals surface area (Å²) in [5, 5.41) is 2.45. The van der Waals surface area contributed by atoms with Gasteiger partial charge in [-0.05, 0) is 25.5 Å². The maximum atomic E-state index is 13.2. The van der Waals surface area contributed by atoms with Crippen LogP contribution < -0.4 is 5.32 Å². The van der Waals surface area contributed by atoms with E-state index in [-0.39, 0.29) is 5.69 Å². The zero-order valence-electron chi connectivity index (χ0n) is 8.02. The predicted molar refractivity (Wildman–Crippen MR) is 50.2 cm³/mol. The Balaban J connectivity index is 2.85. The van der Waals surface area contributed by atoms with Gasteiger partial charge in [0.2, 0.25) is 0 Å². The Morgan fingerprint density at radius 3 is 2.43 bits per heavy atom. The molecule has 0 aliphatic carbocycles. The Bertz CT molecular complexity index is 292. The lowest BCUT2D eigenvalue weighted by Gasteiger charge is -2.16. The van der Waals surface area contributed by atoms with E-state index in [2.05, 4.69) is 5.32 Å². The number of hydrogen-bond acceptors (Lipinski definition) is 1. The number of anilines is 1. The molecule has 1 rings (SSSR count). The van der Waals surface area contributed by atoms with Crippen LogP contribution in [-0.4, -0.2) is 12.5 Å². The molecule has 0 aliphatic rings. The first-order valence-electron chi connectivity index (χ1n) is 4.32. The van der Waals surface area contributed by atoms with Crippen LogP contribution >= 0.6 is 0 Å². The molecule has 1 nitrogen and oxygen atoms in total. The van der Waals surface area contributed by atoms with Crippen molar-refractivity contribution in [2.45, 2.75) is 26.3 Å². The fraction of sp³-hybridized carbons (Fsp3) is 0.400. The molecule has 0 radical (unpaired) electrons. The van der Waals surface area contributed by atoms with Crippen LogP contribution in [0.2, 0.25) is 0 Å². The van der Waals surface area contributed by atoms with Crippen molar-refractivity contribution >= 4 is 5.69 Å². The minimum Gasteiger partial charge on any atom is -0.374 e. The number of halogens is 3. The van der Waals surface area contributed by atoms with Gasteiger partial charge >= 0.3 is 0 Å². The summed E-state index contributed by atoms with van der Waals surface area (Å²) in [6.07, 6.45) is -2.51. The van der Waals surface area contributed by atoms with Gasteiger partial charge in [0.05, 0.1) is 11.7 Å². The fourth-order valence-corrected chi connectivity index (χ4v) is 1.11. The smallest absolute Gasteiger partial charge is 0.258 e. The van der Waals surface area contributed by atoms with Crippen LogP contribution in [0.25, 0.3) is 0 Å². The Morgan fingerprint density at radius 2 is 1.93 bits per heavy atom. The first-order chi connectivity index (χ1) is 6.52. The van der Waals surface area contributed by atoms with E-state index in [0.29, 0.717) is 5.56 Å². The van der Waals surface area contributed by atoms with Gasteiger partial charge in [-0.15, -0.1) is 0 Å². The molecule has 0 aliphatic heterocycles. The molecule has 0 aromatic heterocycles. The maximum Gasteiger partial charge on any atom is 0.258 e. The maximum absolute atomic E-state index is 13.2. The van der Waals surface area contributed by atoms with E-state index in [1.807, 2.05) is 0 Å². The summed E-state index contributed by atoms with van der Waals surface area (Å²) in [6, 6.07) is 3.41. The van der Waals surface area contributed by atoms with Crippen LogP contribution in [0.3, 0.4) is 0 Å². The molecule has 1 aromatic carbocycles. The van der Waals surface area contributed by atoms with Crippen LogP contribution in [0.5, 0.6) is 0 Å². The highest BCUT2D eigenvalue weighted by molar-refractivity contribution is 5.52. The number of para-hydroxylation sites is 1. The van der Waals surface area contributed by atoms with Crippen molar-refractivity contribution in [3.63, 3.8) is 0 Å². The third kappa shape index (κ3) is 2.40. The van der Waals surface area contributed by atoms with E-state index in [1.165, 1.54) is 13.0 Å². The topological polar surface area (TPSA) is 12.0 Å². The molecule has 0 spiro atoms. The Labute approximate surface area is 80.9 Å². The number of nitrogens with one attached hydrogen (secondary N) is 1. The van der Waals surface area contributed by atoms with Gasteiger partial charge in [-0.1, -0.05) is 12.1 Å². The summed E-state index contributed by atoms with van der Waals surface area (Å²) in [4.78, 5) is 0. The SMILES string of the molecule is Cc1cccc(F)c1NC(C)C(F)F. The van der Waals surface area contributed by atoms with E-state index >= 15 is 0 Å². The molecule has 14 heavy (non-hydrogen) atoms. The van der Waals surface area contributed by atoms with E-state index < -0.39 is 18.3 Å². The molecule has 0 saturated carbocycles. The fourth-order valence-electron chi connectivity index (χ4n) is 1.11. The number of rotatable bonds is 3. The minimum atomic E-state index is -2.51. The van der Waals surface area contributed by atoms with Gasteiger partial charge in [0.15, 0.2) is 0 Å². The summed E-state index contributed by atoms with van der Waals surface area (Å²) in [6.45, 7) is 2.99. The standard InChI is InChI=1S/C10H12F3N/c1-6-4-3-5-8(11)9(6)14-7(2)10(12)13/h3-5,7,10,14H,1-2H3.